The number of nitrogens with two attached hydrogens (primary N) is 1. The maximum atomic E-state index is 13.5. The summed E-state index contributed by atoms with van der Waals surface area (Å²) in [5.74, 6) is -0.897. The van der Waals surface area contributed by atoms with Crippen LogP contribution in [0.2, 0.25) is 0 Å². The molecule has 2 aromatic carbocycles. The maximum Gasteiger partial charge on any atom is 0.142 e. The summed E-state index contributed by atoms with van der Waals surface area (Å²) >= 11 is 0. The molecule has 1 unspecified atom stereocenters. The zero-order valence-corrected chi connectivity index (χ0v) is 11.5. The summed E-state index contributed by atoms with van der Waals surface area (Å²) < 4.78 is 43.4. The molecule has 6 heteroatoms. The van der Waals surface area contributed by atoms with Gasteiger partial charge in [0.25, 0.3) is 0 Å². The average Bonchev–Trinajstić information content (AvgIpc) is 2.38. The minimum absolute atomic E-state index is 0.0270. The van der Waals surface area contributed by atoms with Crippen LogP contribution in [-0.4, -0.2) is 11.3 Å². The van der Waals surface area contributed by atoms with Crippen molar-refractivity contribution in [3.05, 3.63) is 53.6 Å². The fourth-order valence-corrected chi connectivity index (χ4v) is 2.90. The first kappa shape index (κ1) is 14.5. The molecule has 0 aromatic heterocycles. The Labute approximate surface area is 117 Å². The van der Waals surface area contributed by atoms with Crippen molar-refractivity contribution in [3.63, 3.8) is 0 Å². The van der Waals surface area contributed by atoms with Crippen LogP contribution >= 0.6 is 0 Å². The van der Waals surface area contributed by atoms with Gasteiger partial charge in [-0.15, -0.1) is 0 Å². The highest BCUT2D eigenvalue weighted by Gasteiger charge is 2.12. The van der Waals surface area contributed by atoms with Crippen molar-refractivity contribution in [2.24, 2.45) is 0 Å². The third-order valence-electron chi connectivity index (χ3n) is 2.73. The molecule has 0 aliphatic rings. The van der Waals surface area contributed by atoms with Crippen molar-refractivity contribution in [2.75, 3.05) is 12.8 Å². The molecule has 2 aromatic rings. The molecule has 0 spiro atoms. The molecule has 2 N–H and O–H groups in total. The van der Waals surface area contributed by atoms with Crippen molar-refractivity contribution in [2.45, 2.75) is 10.6 Å². The molecule has 20 heavy (non-hydrogen) atoms. The summed E-state index contributed by atoms with van der Waals surface area (Å²) in [6.07, 6.45) is 0. The number of hydrogen-bond acceptors (Lipinski definition) is 3. The molecule has 106 valence electrons. The topological polar surface area (TPSA) is 52.3 Å². The third-order valence-corrected chi connectivity index (χ3v) is 4.15. The molecule has 2 rings (SSSR count). The zero-order valence-electron chi connectivity index (χ0n) is 10.7. The van der Waals surface area contributed by atoms with Crippen LogP contribution in [0.3, 0.4) is 0 Å². The number of rotatable bonds is 4. The Morgan fingerprint density at radius 2 is 1.95 bits per heavy atom. The summed E-state index contributed by atoms with van der Waals surface area (Å²) in [5, 5.41) is 0. The second kappa shape index (κ2) is 6.00. The van der Waals surface area contributed by atoms with Crippen molar-refractivity contribution >= 4 is 16.5 Å². The van der Waals surface area contributed by atoms with Crippen molar-refractivity contribution < 1.29 is 17.7 Å². The largest absolute Gasteiger partial charge is 0.495 e. The van der Waals surface area contributed by atoms with E-state index in [9.17, 15) is 13.0 Å². The highest BCUT2D eigenvalue weighted by Crippen LogP contribution is 2.24. The summed E-state index contributed by atoms with van der Waals surface area (Å²) in [6.45, 7) is 0. The second-order valence-electron chi connectivity index (χ2n) is 4.14. The van der Waals surface area contributed by atoms with Gasteiger partial charge in [0.05, 0.1) is 34.2 Å². The van der Waals surface area contributed by atoms with Gasteiger partial charge in [-0.05, 0) is 29.8 Å². The van der Waals surface area contributed by atoms with Crippen LogP contribution in [0.5, 0.6) is 5.75 Å². The molecule has 0 heterocycles. The molecular formula is C14H13F2NO2S. The van der Waals surface area contributed by atoms with Crippen molar-refractivity contribution in [1.29, 1.82) is 0 Å². The van der Waals surface area contributed by atoms with Crippen LogP contribution in [0.25, 0.3) is 0 Å². The lowest BCUT2D eigenvalue weighted by molar-refractivity contribution is 0.417. The maximum absolute atomic E-state index is 13.5. The van der Waals surface area contributed by atoms with Crippen molar-refractivity contribution in [3.8, 4) is 5.75 Å². The first-order valence-corrected chi connectivity index (χ1v) is 7.09. The molecule has 0 saturated heterocycles. The highest BCUT2D eigenvalue weighted by atomic mass is 32.2. The van der Waals surface area contributed by atoms with E-state index in [1.54, 1.807) is 18.2 Å². The lowest BCUT2D eigenvalue weighted by atomic mass is 10.2. The Morgan fingerprint density at radius 3 is 2.55 bits per heavy atom. The number of ether oxygens (including phenoxy) is 1. The molecule has 1 atom stereocenters. The van der Waals surface area contributed by atoms with Crippen LogP contribution in [0, 0.1) is 11.6 Å². The smallest absolute Gasteiger partial charge is 0.142 e. The molecular weight excluding hydrogens is 284 g/mol. The first-order chi connectivity index (χ1) is 9.51. The van der Waals surface area contributed by atoms with Crippen LogP contribution in [0.15, 0.2) is 41.3 Å². The monoisotopic (exact) mass is 297 g/mol. The van der Waals surface area contributed by atoms with E-state index in [0.717, 1.165) is 12.1 Å². The fourth-order valence-electron chi connectivity index (χ4n) is 1.76. The van der Waals surface area contributed by atoms with E-state index >= 15 is 0 Å². The number of anilines is 1. The molecule has 0 aliphatic carbocycles. The van der Waals surface area contributed by atoms with E-state index < -0.39 is 22.4 Å². The lowest BCUT2D eigenvalue weighted by Crippen LogP contribution is -2.01. The van der Waals surface area contributed by atoms with E-state index in [1.165, 1.54) is 13.2 Å². The van der Waals surface area contributed by atoms with Crippen LogP contribution in [0.1, 0.15) is 5.56 Å². The van der Waals surface area contributed by atoms with Gasteiger partial charge in [-0.1, -0.05) is 6.07 Å². The highest BCUT2D eigenvalue weighted by molar-refractivity contribution is 7.84. The summed E-state index contributed by atoms with van der Waals surface area (Å²) in [6, 6.07) is 7.97. The quantitative estimate of drug-likeness (QED) is 0.883. The number of benzene rings is 2. The van der Waals surface area contributed by atoms with Gasteiger partial charge in [0.15, 0.2) is 0 Å². The van der Waals surface area contributed by atoms with E-state index in [4.69, 9.17) is 10.5 Å². The summed E-state index contributed by atoms with van der Waals surface area (Å²) in [4.78, 5) is -0.0270. The van der Waals surface area contributed by atoms with Gasteiger partial charge in [0.1, 0.15) is 17.4 Å². The number of methoxy groups -OCH3 is 1. The van der Waals surface area contributed by atoms with Gasteiger partial charge < -0.3 is 10.5 Å². The van der Waals surface area contributed by atoms with Gasteiger partial charge in [0.2, 0.25) is 0 Å². The second-order valence-corrected chi connectivity index (χ2v) is 5.56. The lowest BCUT2D eigenvalue weighted by Gasteiger charge is -2.08. The standard InChI is InChI=1S/C14H13F2NO2S/c1-19-13-4-2-9(6-12(13)17)8-20(18)14-5-3-10(15)7-11(14)16/h2-7H,8,17H2,1H3. The predicted molar refractivity (Wildman–Crippen MR) is 73.9 cm³/mol. The molecule has 3 nitrogen and oxygen atoms in total. The SMILES string of the molecule is COc1ccc(CS(=O)c2ccc(F)cc2F)cc1N. The Morgan fingerprint density at radius 1 is 1.20 bits per heavy atom. The number of hydrogen-bond donors (Lipinski definition) is 1. The molecule has 0 radical (unpaired) electrons. The van der Waals surface area contributed by atoms with E-state index in [-0.39, 0.29) is 10.6 Å². The van der Waals surface area contributed by atoms with Gasteiger partial charge in [-0.2, -0.15) is 0 Å². The molecule has 0 aliphatic heterocycles. The Balaban J connectivity index is 2.21. The van der Waals surface area contributed by atoms with Gasteiger partial charge in [-0.3, -0.25) is 4.21 Å². The van der Waals surface area contributed by atoms with Crippen molar-refractivity contribution in [1.82, 2.24) is 0 Å². The Kier molecular flexibility index (Phi) is 4.34. The molecule has 0 amide bonds. The van der Waals surface area contributed by atoms with Crippen LogP contribution < -0.4 is 10.5 Å². The predicted octanol–water partition coefficient (Wildman–Crippen LogP) is 2.86. The normalized spacial score (nSPS) is 12.2. The third kappa shape index (κ3) is 3.14. The van der Waals surface area contributed by atoms with E-state index in [1.807, 2.05) is 0 Å². The van der Waals surface area contributed by atoms with Gasteiger partial charge in [0, 0.05) is 6.07 Å². The molecule has 0 saturated carbocycles. The van der Waals surface area contributed by atoms with Crippen LogP contribution in [0.4, 0.5) is 14.5 Å². The molecule has 0 fully saturated rings. The fraction of sp³-hybridized carbons (Fsp3) is 0.143. The minimum atomic E-state index is -1.61. The minimum Gasteiger partial charge on any atom is -0.495 e. The van der Waals surface area contributed by atoms with Crippen LogP contribution in [-0.2, 0) is 16.6 Å². The zero-order chi connectivity index (χ0) is 14.7. The molecule has 0 bridgehead atoms. The van der Waals surface area contributed by atoms with Gasteiger partial charge >= 0.3 is 0 Å². The number of nitrogen functional groups attached to an aromatic ring is 1. The summed E-state index contributed by atoms with van der Waals surface area (Å²) in [5.41, 5.74) is 6.85. The van der Waals surface area contributed by atoms with E-state index in [0.29, 0.717) is 17.0 Å². The number of halogens is 2. The average molecular weight is 297 g/mol. The Hall–Kier alpha value is -1.95. The first-order valence-electron chi connectivity index (χ1n) is 5.77. The van der Waals surface area contributed by atoms with Gasteiger partial charge in [-0.25, -0.2) is 8.78 Å². The van der Waals surface area contributed by atoms with E-state index in [2.05, 4.69) is 0 Å². The Bertz CT molecular complexity index is 662. The summed E-state index contributed by atoms with van der Waals surface area (Å²) in [7, 11) is -0.112.